The Hall–Kier alpha value is -3.07. The van der Waals surface area contributed by atoms with Crippen LogP contribution >= 0.6 is 11.6 Å². The molecule has 0 radical (unpaired) electrons. The van der Waals surface area contributed by atoms with Crippen molar-refractivity contribution in [2.75, 3.05) is 0 Å². The van der Waals surface area contributed by atoms with Crippen LogP contribution in [0.25, 0.3) is 6.08 Å². The molecule has 3 N–H and O–H groups in total. The van der Waals surface area contributed by atoms with E-state index in [1.807, 2.05) is 19.3 Å². The molecule has 0 aliphatic rings. The summed E-state index contributed by atoms with van der Waals surface area (Å²) in [5.41, 5.74) is 5.44. The Labute approximate surface area is 167 Å². The van der Waals surface area contributed by atoms with Crippen LogP contribution in [0.4, 0.5) is 0 Å². The smallest absolute Gasteiger partial charge is 0.327 e. The number of nitrogens with one attached hydrogen (secondary N) is 3. The van der Waals surface area contributed by atoms with Crippen molar-refractivity contribution in [3.8, 4) is 0 Å². The SMILES string of the molecule is Cc1nn(CC(C)C)c(Cl)c1/C=C/C(=O)NNC(=O)C(=O)NCc1ccco1. The molecule has 0 saturated heterocycles. The quantitative estimate of drug-likeness (QED) is 0.381. The first-order valence-electron chi connectivity index (χ1n) is 8.59. The Bertz CT molecular complexity index is 871. The van der Waals surface area contributed by atoms with E-state index in [1.165, 1.54) is 18.4 Å². The summed E-state index contributed by atoms with van der Waals surface area (Å²) < 4.78 is 6.71. The number of hydrogen-bond donors (Lipinski definition) is 3. The lowest BCUT2D eigenvalue weighted by molar-refractivity contribution is -0.140. The molecule has 0 unspecified atom stereocenters. The lowest BCUT2D eigenvalue weighted by Crippen LogP contribution is -2.47. The highest BCUT2D eigenvalue weighted by molar-refractivity contribution is 6.35. The fourth-order valence-electron chi connectivity index (χ4n) is 2.26. The number of carbonyl (C=O) groups is 3. The van der Waals surface area contributed by atoms with Crippen molar-refractivity contribution in [2.24, 2.45) is 5.92 Å². The Morgan fingerprint density at radius 3 is 2.68 bits per heavy atom. The number of hydrogen-bond acceptors (Lipinski definition) is 5. The van der Waals surface area contributed by atoms with Crippen LogP contribution in [-0.2, 0) is 27.5 Å². The number of rotatable bonds is 6. The van der Waals surface area contributed by atoms with Gasteiger partial charge in [-0.05, 0) is 31.1 Å². The zero-order chi connectivity index (χ0) is 20.7. The third kappa shape index (κ3) is 5.98. The lowest BCUT2D eigenvalue weighted by Gasteiger charge is -2.06. The van der Waals surface area contributed by atoms with Crippen molar-refractivity contribution in [3.63, 3.8) is 0 Å². The summed E-state index contributed by atoms with van der Waals surface area (Å²) in [5, 5.41) is 7.12. The zero-order valence-corrected chi connectivity index (χ0v) is 16.5. The van der Waals surface area contributed by atoms with Crippen LogP contribution in [0.5, 0.6) is 0 Å². The van der Waals surface area contributed by atoms with Gasteiger partial charge >= 0.3 is 11.8 Å². The average molecular weight is 408 g/mol. The van der Waals surface area contributed by atoms with Gasteiger partial charge in [0.1, 0.15) is 10.9 Å². The summed E-state index contributed by atoms with van der Waals surface area (Å²) in [6.45, 7) is 6.59. The first-order valence-corrected chi connectivity index (χ1v) is 8.97. The third-order valence-electron chi connectivity index (χ3n) is 3.56. The van der Waals surface area contributed by atoms with Gasteiger partial charge in [0.05, 0.1) is 18.5 Å². The second kappa shape index (κ2) is 9.75. The number of aromatic nitrogens is 2. The van der Waals surface area contributed by atoms with Gasteiger partial charge in [-0.2, -0.15) is 5.10 Å². The number of carbonyl (C=O) groups excluding carboxylic acids is 3. The van der Waals surface area contributed by atoms with E-state index >= 15 is 0 Å². The molecule has 0 atom stereocenters. The van der Waals surface area contributed by atoms with Gasteiger partial charge in [-0.15, -0.1) is 0 Å². The number of aryl methyl sites for hydroxylation is 1. The zero-order valence-electron chi connectivity index (χ0n) is 15.8. The highest BCUT2D eigenvalue weighted by Gasteiger charge is 2.15. The average Bonchev–Trinajstić information content (AvgIpc) is 3.24. The van der Waals surface area contributed by atoms with Gasteiger partial charge in [0.2, 0.25) is 0 Å². The van der Waals surface area contributed by atoms with Gasteiger partial charge in [0, 0.05) is 18.2 Å². The van der Waals surface area contributed by atoms with Gasteiger partial charge in [-0.1, -0.05) is 25.4 Å². The normalized spacial score (nSPS) is 11.0. The van der Waals surface area contributed by atoms with Crippen molar-refractivity contribution in [1.29, 1.82) is 0 Å². The second-order valence-electron chi connectivity index (χ2n) is 6.40. The molecule has 0 aliphatic heterocycles. The summed E-state index contributed by atoms with van der Waals surface area (Å²) in [6, 6.07) is 3.32. The maximum Gasteiger partial charge on any atom is 0.327 e. The van der Waals surface area contributed by atoms with Crippen molar-refractivity contribution in [2.45, 2.75) is 33.9 Å². The number of hydrazine groups is 1. The maximum atomic E-state index is 11.9. The first-order chi connectivity index (χ1) is 13.3. The Morgan fingerprint density at radius 1 is 1.29 bits per heavy atom. The monoisotopic (exact) mass is 407 g/mol. The Kier molecular flexibility index (Phi) is 7.39. The molecule has 0 fully saturated rings. The van der Waals surface area contributed by atoms with E-state index in [2.05, 4.69) is 15.8 Å². The van der Waals surface area contributed by atoms with Crippen LogP contribution in [0, 0.1) is 12.8 Å². The Morgan fingerprint density at radius 2 is 2.04 bits per heavy atom. The van der Waals surface area contributed by atoms with Gasteiger partial charge in [-0.3, -0.25) is 29.9 Å². The Balaban J connectivity index is 1.84. The minimum Gasteiger partial charge on any atom is -0.467 e. The van der Waals surface area contributed by atoms with Crippen LogP contribution in [-0.4, -0.2) is 27.5 Å². The topological polar surface area (TPSA) is 118 Å². The summed E-state index contributed by atoms with van der Waals surface area (Å²) in [6.07, 6.45) is 4.14. The van der Waals surface area contributed by atoms with Crippen molar-refractivity contribution in [1.82, 2.24) is 25.9 Å². The minimum atomic E-state index is -1.01. The summed E-state index contributed by atoms with van der Waals surface area (Å²) in [7, 11) is 0. The molecule has 2 aromatic heterocycles. The number of halogens is 1. The van der Waals surface area contributed by atoms with Crippen molar-refractivity contribution < 1.29 is 18.8 Å². The summed E-state index contributed by atoms with van der Waals surface area (Å²) in [5.74, 6) is -1.68. The van der Waals surface area contributed by atoms with Crippen LogP contribution in [0.1, 0.15) is 30.9 Å². The van der Waals surface area contributed by atoms with Gasteiger partial charge in [0.15, 0.2) is 0 Å². The van der Waals surface area contributed by atoms with Gasteiger partial charge in [0.25, 0.3) is 5.91 Å². The van der Waals surface area contributed by atoms with Crippen LogP contribution in [0.3, 0.4) is 0 Å². The van der Waals surface area contributed by atoms with E-state index in [0.29, 0.717) is 34.6 Å². The first kappa shape index (κ1) is 21.2. The summed E-state index contributed by atoms with van der Waals surface area (Å²) >= 11 is 6.29. The molecule has 0 bridgehead atoms. The van der Waals surface area contributed by atoms with E-state index in [0.717, 1.165) is 0 Å². The molecule has 28 heavy (non-hydrogen) atoms. The van der Waals surface area contributed by atoms with E-state index in [-0.39, 0.29) is 6.54 Å². The highest BCUT2D eigenvalue weighted by atomic mass is 35.5. The van der Waals surface area contributed by atoms with E-state index in [4.69, 9.17) is 16.0 Å². The minimum absolute atomic E-state index is 0.0608. The lowest BCUT2D eigenvalue weighted by atomic mass is 10.2. The molecule has 2 rings (SSSR count). The molecule has 9 nitrogen and oxygen atoms in total. The fourth-order valence-corrected chi connectivity index (χ4v) is 2.57. The standard InChI is InChI=1S/C18H22ClN5O4/c1-11(2)10-24-16(19)14(12(3)23-24)6-7-15(25)21-22-18(27)17(26)20-9-13-5-4-8-28-13/h4-8,11H,9-10H2,1-3H3,(H,20,26)(H,21,25)(H,22,27)/b7-6+. The molecule has 0 aliphatic carbocycles. The van der Waals surface area contributed by atoms with Gasteiger partial charge < -0.3 is 9.73 Å². The largest absolute Gasteiger partial charge is 0.467 e. The van der Waals surface area contributed by atoms with Crippen LogP contribution < -0.4 is 16.2 Å². The molecule has 10 heteroatoms. The van der Waals surface area contributed by atoms with Crippen molar-refractivity contribution >= 4 is 35.4 Å². The predicted octanol–water partition coefficient (Wildman–Crippen LogP) is 1.57. The molecule has 150 valence electrons. The molecule has 0 saturated carbocycles. The molecule has 2 heterocycles. The van der Waals surface area contributed by atoms with Crippen molar-refractivity contribution in [3.05, 3.63) is 46.6 Å². The maximum absolute atomic E-state index is 11.9. The van der Waals surface area contributed by atoms with E-state index < -0.39 is 17.7 Å². The predicted molar refractivity (Wildman–Crippen MR) is 103 cm³/mol. The molecular formula is C18H22ClN5O4. The van der Waals surface area contributed by atoms with E-state index in [9.17, 15) is 14.4 Å². The number of furan rings is 1. The van der Waals surface area contributed by atoms with Gasteiger partial charge in [-0.25, -0.2) is 0 Å². The number of amides is 3. The van der Waals surface area contributed by atoms with Crippen LogP contribution in [0.15, 0.2) is 28.9 Å². The summed E-state index contributed by atoms with van der Waals surface area (Å²) in [4.78, 5) is 35.2. The molecule has 0 spiro atoms. The highest BCUT2D eigenvalue weighted by Crippen LogP contribution is 2.22. The third-order valence-corrected chi connectivity index (χ3v) is 3.96. The number of nitrogens with zero attached hydrogens (tertiary/aromatic N) is 2. The molecular weight excluding hydrogens is 386 g/mol. The fraction of sp³-hybridized carbons (Fsp3) is 0.333. The van der Waals surface area contributed by atoms with Crippen LogP contribution in [0.2, 0.25) is 5.15 Å². The molecule has 2 aromatic rings. The molecule has 3 amide bonds. The second-order valence-corrected chi connectivity index (χ2v) is 6.76. The van der Waals surface area contributed by atoms with E-state index in [1.54, 1.807) is 23.7 Å². The molecule has 0 aromatic carbocycles.